The summed E-state index contributed by atoms with van der Waals surface area (Å²) in [5.41, 5.74) is 8.81. The van der Waals surface area contributed by atoms with Crippen LogP contribution in [-0.4, -0.2) is 17.8 Å². The Labute approximate surface area is 94.9 Å². The third kappa shape index (κ3) is 1.72. The van der Waals surface area contributed by atoms with Crippen molar-refractivity contribution in [3.8, 4) is 0 Å². The highest BCUT2D eigenvalue weighted by Crippen LogP contribution is 2.20. The molecule has 0 aliphatic rings. The first kappa shape index (κ1) is 10.5. The van der Waals surface area contributed by atoms with Crippen molar-refractivity contribution in [2.24, 2.45) is 17.8 Å². The van der Waals surface area contributed by atoms with E-state index in [9.17, 15) is 0 Å². The Bertz CT molecular complexity index is 562. The quantitative estimate of drug-likeness (QED) is 0.763. The van der Waals surface area contributed by atoms with Gasteiger partial charge in [-0.2, -0.15) is 0 Å². The van der Waals surface area contributed by atoms with Gasteiger partial charge in [0.1, 0.15) is 0 Å². The molecule has 1 heterocycles. The number of fused-ring (bicyclic) bond motifs is 1. The van der Waals surface area contributed by atoms with Crippen LogP contribution in [0.4, 0.5) is 0 Å². The van der Waals surface area contributed by atoms with Gasteiger partial charge in [-0.05, 0) is 23.1 Å². The van der Waals surface area contributed by atoms with Crippen LogP contribution < -0.4 is 5.73 Å². The highest BCUT2D eigenvalue weighted by molar-refractivity contribution is 6.10. The molecule has 0 saturated heterocycles. The zero-order chi connectivity index (χ0) is 11.5. The fourth-order valence-corrected chi connectivity index (χ4v) is 1.79. The molecule has 1 aromatic carbocycles. The Kier molecular flexibility index (Phi) is 2.77. The summed E-state index contributed by atoms with van der Waals surface area (Å²) in [6.07, 6.45) is 5.40. The molecule has 0 unspecified atom stereocenters. The number of rotatable bonds is 2. The topological polar surface area (TPSA) is 43.3 Å². The van der Waals surface area contributed by atoms with Gasteiger partial charge < -0.3 is 10.3 Å². The number of nitrogens with zero attached hydrogens (tertiary/aromatic N) is 2. The molecule has 0 bridgehead atoms. The number of hydrogen-bond acceptors (Lipinski definition) is 2. The smallest absolute Gasteiger partial charge is 0.0483 e. The summed E-state index contributed by atoms with van der Waals surface area (Å²) in [6.45, 7) is 0. The van der Waals surface area contributed by atoms with Gasteiger partial charge in [0.05, 0.1) is 0 Å². The van der Waals surface area contributed by atoms with E-state index in [1.165, 1.54) is 10.9 Å². The average molecular weight is 213 g/mol. The molecule has 2 rings (SSSR count). The minimum atomic E-state index is 0.936. The van der Waals surface area contributed by atoms with Gasteiger partial charge in [0.25, 0.3) is 0 Å². The van der Waals surface area contributed by atoms with Gasteiger partial charge in [-0.1, -0.05) is 12.1 Å². The van der Waals surface area contributed by atoms with Crippen molar-refractivity contribution in [1.82, 2.24) is 4.57 Å². The summed E-state index contributed by atoms with van der Waals surface area (Å²) in [6, 6.07) is 8.37. The van der Waals surface area contributed by atoms with Crippen LogP contribution in [0.5, 0.6) is 0 Å². The van der Waals surface area contributed by atoms with Crippen LogP contribution >= 0.6 is 0 Å². The molecule has 3 heteroatoms. The van der Waals surface area contributed by atoms with E-state index in [1.807, 2.05) is 13.2 Å². The number of aryl methyl sites for hydroxylation is 1. The van der Waals surface area contributed by atoms with Crippen molar-refractivity contribution < 1.29 is 0 Å². The normalized spacial score (nSPS) is 12.8. The number of aromatic nitrogens is 1. The lowest BCUT2D eigenvalue weighted by Crippen LogP contribution is -1.92. The highest BCUT2D eigenvalue weighted by atomic mass is 14.9. The van der Waals surface area contributed by atoms with Crippen LogP contribution in [0, 0.1) is 0 Å². The Morgan fingerprint density at radius 2 is 2.19 bits per heavy atom. The summed E-state index contributed by atoms with van der Waals surface area (Å²) < 4.78 is 2.09. The van der Waals surface area contributed by atoms with Crippen molar-refractivity contribution >= 4 is 22.7 Å². The molecular formula is C13H15N3. The average Bonchev–Trinajstić information content (AvgIpc) is 2.68. The molecule has 0 saturated carbocycles. The minimum Gasteiger partial charge on any atom is -0.404 e. The maximum atomic E-state index is 5.59. The number of allylic oxidation sites excluding steroid dienone is 1. The number of hydrogen-bond donors (Lipinski definition) is 1. The fourth-order valence-electron chi connectivity index (χ4n) is 1.79. The van der Waals surface area contributed by atoms with Crippen molar-refractivity contribution in [2.45, 2.75) is 0 Å². The van der Waals surface area contributed by atoms with Gasteiger partial charge in [0.15, 0.2) is 0 Å². The van der Waals surface area contributed by atoms with Crippen LogP contribution in [0.25, 0.3) is 16.5 Å². The lowest BCUT2D eigenvalue weighted by Gasteiger charge is -2.03. The Hall–Kier alpha value is -2.03. The lowest BCUT2D eigenvalue weighted by molar-refractivity contribution is 0.969. The molecule has 1 aromatic heterocycles. The van der Waals surface area contributed by atoms with Crippen molar-refractivity contribution in [2.75, 3.05) is 7.05 Å². The van der Waals surface area contributed by atoms with Gasteiger partial charge in [-0.25, -0.2) is 0 Å². The van der Waals surface area contributed by atoms with Gasteiger partial charge in [-0.3, -0.25) is 4.99 Å². The van der Waals surface area contributed by atoms with E-state index < -0.39 is 0 Å². The van der Waals surface area contributed by atoms with Crippen LogP contribution in [0.1, 0.15) is 5.56 Å². The van der Waals surface area contributed by atoms with Gasteiger partial charge in [-0.15, -0.1) is 0 Å². The molecule has 0 amide bonds. The van der Waals surface area contributed by atoms with Crippen LogP contribution in [0.15, 0.2) is 41.7 Å². The molecule has 2 aromatic rings. The number of aliphatic imine (C=N–C) groups is 1. The second-order valence-corrected chi connectivity index (χ2v) is 3.71. The first-order valence-electron chi connectivity index (χ1n) is 5.16. The van der Waals surface area contributed by atoms with E-state index >= 15 is 0 Å². The summed E-state index contributed by atoms with van der Waals surface area (Å²) in [5.74, 6) is 0. The van der Waals surface area contributed by atoms with Gasteiger partial charge in [0.2, 0.25) is 0 Å². The van der Waals surface area contributed by atoms with Crippen LogP contribution in [-0.2, 0) is 7.05 Å². The Balaban J connectivity index is 2.57. The third-order valence-electron chi connectivity index (χ3n) is 2.67. The van der Waals surface area contributed by atoms with Crippen LogP contribution in [0.2, 0.25) is 0 Å². The molecule has 0 aliphatic heterocycles. The molecule has 16 heavy (non-hydrogen) atoms. The molecule has 3 nitrogen and oxygen atoms in total. The summed E-state index contributed by atoms with van der Waals surface area (Å²) in [5, 5.41) is 1.23. The first-order valence-corrected chi connectivity index (χ1v) is 5.16. The van der Waals surface area contributed by atoms with Crippen molar-refractivity contribution in [3.63, 3.8) is 0 Å². The summed E-state index contributed by atoms with van der Waals surface area (Å²) >= 11 is 0. The highest BCUT2D eigenvalue weighted by Gasteiger charge is 2.02. The molecule has 0 spiro atoms. The first-order chi connectivity index (χ1) is 7.76. The van der Waals surface area contributed by atoms with E-state index in [2.05, 4.69) is 33.8 Å². The molecule has 0 radical (unpaired) electrons. The van der Waals surface area contributed by atoms with E-state index in [0.717, 1.165) is 11.1 Å². The van der Waals surface area contributed by atoms with E-state index in [1.54, 1.807) is 19.5 Å². The molecular weight excluding hydrogens is 198 g/mol. The summed E-state index contributed by atoms with van der Waals surface area (Å²) in [4.78, 5) is 3.99. The van der Waals surface area contributed by atoms with Gasteiger partial charge >= 0.3 is 0 Å². The number of benzene rings is 1. The van der Waals surface area contributed by atoms with E-state index in [0.29, 0.717) is 0 Å². The Morgan fingerprint density at radius 3 is 2.88 bits per heavy atom. The second kappa shape index (κ2) is 4.23. The Morgan fingerprint density at radius 1 is 1.38 bits per heavy atom. The minimum absolute atomic E-state index is 0.936. The summed E-state index contributed by atoms with van der Waals surface area (Å²) in [7, 11) is 3.77. The van der Waals surface area contributed by atoms with E-state index in [4.69, 9.17) is 5.73 Å². The zero-order valence-corrected chi connectivity index (χ0v) is 9.51. The predicted molar refractivity (Wildman–Crippen MR) is 69.5 cm³/mol. The molecule has 82 valence electrons. The zero-order valence-electron chi connectivity index (χ0n) is 9.51. The van der Waals surface area contributed by atoms with E-state index in [-0.39, 0.29) is 0 Å². The van der Waals surface area contributed by atoms with Crippen LogP contribution in [0.3, 0.4) is 0 Å². The molecule has 0 aliphatic carbocycles. The monoisotopic (exact) mass is 213 g/mol. The standard InChI is InChI=1S/C13H15N3/c1-15-9-12(8-14)11-4-3-10-5-6-16(2)13(10)7-11/h3-9H,14H2,1-2H3. The molecule has 0 fully saturated rings. The SMILES string of the molecule is CN=CC(=CN)c1ccc2ccn(C)c2c1. The molecule has 0 atom stereocenters. The molecule has 2 N–H and O–H groups in total. The fraction of sp³-hybridized carbons (Fsp3) is 0.154. The maximum absolute atomic E-state index is 5.59. The third-order valence-corrected chi connectivity index (χ3v) is 2.67. The largest absolute Gasteiger partial charge is 0.404 e. The van der Waals surface area contributed by atoms with Crippen molar-refractivity contribution in [3.05, 3.63) is 42.2 Å². The lowest BCUT2D eigenvalue weighted by atomic mass is 10.1. The maximum Gasteiger partial charge on any atom is 0.0483 e. The predicted octanol–water partition coefficient (Wildman–Crippen LogP) is 2.18. The van der Waals surface area contributed by atoms with Crippen molar-refractivity contribution in [1.29, 1.82) is 0 Å². The number of nitrogens with two attached hydrogens (primary N) is 1. The van der Waals surface area contributed by atoms with Gasteiger partial charge in [0, 0.05) is 43.8 Å². The second-order valence-electron chi connectivity index (χ2n) is 3.71.